The third-order valence-corrected chi connectivity index (χ3v) is 3.67. The average Bonchev–Trinajstić information content (AvgIpc) is 2.79. The topological polar surface area (TPSA) is 53.1 Å². The number of hydrogen-bond acceptors (Lipinski definition) is 3. The maximum atomic E-state index is 14.0. The molecule has 2 aromatic rings. The summed E-state index contributed by atoms with van der Waals surface area (Å²) in [5.41, 5.74) is 8.88. The Morgan fingerprint density at radius 3 is 2.90 bits per heavy atom. The number of hydrogen-bond donors (Lipinski definition) is 1. The number of nitrogen functional groups attached to an aromatic ring is 1. The molecule has 0 spiro atoms. The van der Waals surface area contributed by atoms with Gasteiger partial charge in [-0.3, -0.25) is 0 Å². The van der Waals surface area contributed by atoms with Gasteiger partial charge in [0.15, 0.2) is 11.6 Å². The smallest absolute Gasteiger partial charge is 0.167 e. The van der Waals surface area contributed by atoms with Crippen LogP contribution < -0.4 is 10.5 Å². The van der Waals surface area contributed by atoms with Gasteiger partial charge in [-0.1, -0.05) is 0 Å². The quantitative estimate of drug-likeness (QED) is 0.937. The minimum atomic E-state index is -0.372. The molecule has 106 valence electrons. The minimum absolute atomic E-state index is 0.269. The zero-order valence-electron chi connectivity index (χ0n) is 11.5. The second kappa shape index (κ2) is 5.15. The van der Waals surface area contributed by atoms with Crippen LogP contribution in [0.15, 0.2) is 18.2 Å². The number of nitrogens with zero attached hydrogens (tertiary/aromatic N) is 2. The maximum absolute atomic E-state index is 14.0. The van der Waals surface area contributed by atoms with Crippen LogP contribution in [0.1, 0.15) is 31.0 Å². The summed E-state index contributed by atoms with van der Waals surface area (Å²) in [6.45, 7) is 2.28. The van der Waals surface area contributed by atoms with Crippen molar-refractivity contribution in [3.63, 3.8) is 0 Å². The molecule has 0 amide bonds. The highest BCUT2D eigenvalue weighted by Gasteiger charge is 2.20. The number of fused-ring (bicyclic) bond motifs is 1. The molecule has 0 atom stereocenters. The number of aromatic nitrogens is 2. The van der Waals surface area contributed by atoms with Gasteiger partial charge in [0.2, 0.25) is 0 Å². The van der Waals surface area contributed by atoms with E-state index in [0.717, 1.165) is 36.9 Å². The van der Waals surface area contributed by atoms with Gasteiger partial charge in [-0.05, 0) is 44.7 Å². The Morgan fingerprint density at radius 1 is 1.35 bits per heavy atom. The Balaban J connectivity index is 2.03. The molecule has 5 heteroatoms. The first-order valence-corrected chi connectivity index (χ1v) is 6.99. The molecule has 3 rings (SSSR count). The number of ether oxygens (including phenoxy) is 1. The minimum Gasteiger partial charge on any atom is -0.491 e. The molecule has 1 heterocycles. The van der Waals surface area contributed by atoms with E-state index in [4.69, 9.17) is 10.5 Å². The van der Waals surface area contributed by atoms with E-state index >= 15 is 0 Å². The molecule has 1 aliphatic carbocycles. The zero-order valence-corrected chi connectivity index (χ0v) is 11.5. The standard InChI is InChI=1S/C15H18FN3O/c1-2-20-14-8-7-10(9-12(14)16)19-13-6-4-3-5-11(13)15(17)18-19/h7-9H,2-6H2,1H3,(H2,17,18). The van der Waals surface area contributed by atoms with Gasteiger partial charge in [-0.2, -0.15) is 5.10 Å². The van der Waals surface area contributed by atoms with Gasteiger partial charge in [0.05, 0.1) is 12.3 Å². The molecule has 4 nitrogen and oxygen atoms in total. The molecule has 0 saturated heterocycles. The van der Waals surface area contributed by atoms with Crippen LogP contribution in [0.2, 0.25) is 0 Å². The van der Waals surface area contributed by atoms with E-state index in [2.05, 4.69) is 5.10 Å². The Bertz CT molecular complexity index is 636. The lowest BCUT2D eigenvalue weighted by Gasteiger charge is -2.14. The fourth-order valence-corrected chi connectivity index (χ4v) is 2.74. The molecule has 1 aromatic carbocycles. The molecule has 0 aliphatic heterocycles. The molecule has 20 heavy (non-hydrogen) atoms. The van der Waals surface area contributed by atoms with Gasteiger partial charge in [-0.15, -0.1) is 0 Å². The summed E-state index contributed by atoms with van der Waals surface area (Å²) in [6.07, 6.45) is 4.16. The van der Waals surface area contributed by atoms with Crippen molar-refractivity contribution in [1.29, 1.82) is 0 Å². The first kappa shape index (κ1) is 13.0. The van der Waals surface area contributed by atoms with Crippen molar-refractivity contribution >= 4 is 5.82 Å². The molecule has 0 saturated carbocycles. The first-order valence-electron chi connectivity index (χ1n) is 6.99. The lowest BCUT2D eigenvalue weighted by atomic mass is 9.97. The number of anilines is 1. The largest absolute Gasteiger partial charge is 0.491 e. The summed E-state index contributed by atoms with van der Waals surface area (Å²) in [6, 6.07) is 4.91. The summed E-state index contributed by atoms with van der Waals surface area (Å²) in [4.78, 5) is 0. The van der Waals surface area contributed by atoms with E-state index in [1.54, 1.807) is 10.7 Å². The summed E-state index contributed by atoms with van der Waals surface area (Å²) >= 11 is 0. The van der Waals surface area contributed by atoms with E-state index in [0.29, 0.717) is 18.1 Å². The Hall–Kier alpha value is -2.04. The van der Waals surface area contributed by atoms with Gasteiger partial charge in [-0.25, -0.2) is 9.07 Å². The first-order chi connectivity index (χ1) is 9.70. The Morgan fingerprint density at radius 2 is 2.15 bits per heavy atom. The van der Waals surface area contributed by atoms with Gasteiger partial charge < -0.3 is 10.5 Å². The molecule has 2 N–H and O–H groups in total. The number of benzene rings is 1. The molecule has 0 fully saturated rings. The fourth-order valence-electron chi connectivity index (χ4n) is 2.74. The van der Waals surface area contributed by atoms with Crippen LogP contribution in [-0.4, -0.2) is 16.4 Å². The van der Waals surface area contributed by atoms with E-state index in [9.17, 15) is 4.39 Å². The number of nitrogens with two attached hydrogens (primary N) is 1. The number of halogens is 1. The lowest BCUT2D eigenvalue weighted by molar-refractivity contribution is 0.321. The monoisotopic (exact) mass is 275 g/mol. The fraction of sp³-hybridized carbons (Fsp3) is 0.400. The molecular weight excluding hydrogens is 257 g/mol. The molecular formula is C15H18FN3O. The SMILES string of the molecule is CCOc1ccc(-n2nc(N)c3c2CCCC3)cc1F. The normalized spacial score (nSPS) is 14.1. The maximum Gasteiger partial charge on any atom is 0.167 e. The number of rotatable bonds is 3. The molecule has 0 bridgehead atoms. The van der Waals surface area contributed by atoms with Crippen molar-refractivity contribution in [2.24, 2.45) is 0 Å². The van der Waals surface area contributed by atoms with Crippen molar-refractivity contribution in [3.8, 4) is 11.4 Å². The van der Waals surface area contributed by atoms with Crippen molar-refractivity contribution in [2.75, 3.05) is 12.3 Å². The summed E-state index contributed by atoms with van der Waals surface area (Å²) in [7, 11) is 0. The van der Waals surface area contributed by atoms with Crippen LogP contribution in [0.5, 0.6) is 5.75 Å². The zero-order chi connectivity index (χ0) is 14.1. The van der Waals surface area contributed by atoms with Crippen LogP contribution >= 0.6 is 0 Å². The van der Waals surface area contributed by atoms with E-state index in [1.807, 2.05) is 13.0 Å². The van der Waals surface area contributed by atoms with Crippen LogP contribution in [0, 0.1) is 5.82 Å². The highest BCUT2D eigenvalue weighted by atomic mass is 19.1. The summed E-state index contributed by atoms with van der Waals surface area (Å²) in [5.74, 6) is 0.460. The Labute approximate surface area is 117 Å². The molecule has 1 aliphatic rings. The van der Waals surface area contributed by atoms with Gasteiger partial charge in [0.25, 0.3) is 0 Å². The van der Waals surface area contributed by atoms with Crippen LogP contribution in [-0.2, 0) is 12.8 Å². The van der Waals surface area contributed by atoms with E-state index < -0.39 is 0 Å². The molecule has 0 unspecified atom stereocenters. The van der Waals surface area contributed by atoms with Crippen LogP contribution in [0.3, 0.4) is 0 Å². The third-order valence-electron chi connectivity index (χ3n) is 3.67. The molecule has 0 radical (unpaired) electrons. The van der Waals surface area contributed by atoms with Gasteiger partial charge in [0, 0.05) is 17.3 Å². The average molecular weight is 275 g/mol. The predicted octanol–water partition coefficient (Wildman–Crippen LogP) is 2.87. The lowest BCUT2D eigenvalue weighted by Crippen LogP contribution is -2.08. The van der Waals surface area contributed by atoms with Crippen molar-refractivity contribution in [2.45, 2.75) is 32.6 Å². The second-order valence-corrected chi connectivity index (χ2v) is 4.98. The van der Waals surface area contributed by atoms with E-state index in [-0.39, 0.29) is 11.6 Å². The predicted molar refractivity (Wildman–Crippen MR) is 75.7 cm³/mol. The second-order valence-electron chi connectivity index (χ2n) is 4.98. The van der Waals surface area contributed by atoms with Crippen molar-refractivity contribution in [1.82, 2.24) is 9.78 Å². The van der Waals surface area contributed by atoms with Gasteiger partial charge in [0.1, 0.15) is 5.82 Å². The van der Waals surface area contributed by atoms with E-state index in [1.165, 1.54) is 6.07 Å². The third kappa shape index (κ3) is 2.13. The van der Waals surface area contributed by atoms with Gasteiger partial charge >= 0.3 is 0 Å². The van der Waals surface area contributed by atoms with Crippen LogP contribution in [0.25, 0.3) is 5.69 Å². The van der Waals surface area contributed by atoms with Crippen molar-refractivity contribution < 1.29 is 9.13 Å². The summed E-state index contributed by atoms with van der Waals surface area (Å²) < 4.78 is 20.9. The molecule has 1 aromatic heterocycles. The van der Waals surface area contributed by atoms with Crippen LogP contribution in [0.4, 0.5) is 10.2 Å². The summed E-state index contributed by atoms with van der Waals surface area (Å²) in [5, 5.41) is 4.37. The van der Waals surface area contributed by atoms with Crippen molar-refractivity contribution in [3.05, 3.63) is 35.3 Å². The highest BCUT2D eigenvalue weighted by molar-refractivity contribution is 5.49. The highest BCUT2D eigenvalue weighted by Crippen LogP contribution is 2.29. The Kier molecular flexibility index (Phi) is 3.34.